The zero-order valence-corrected chi connectivity index (χ0v) is 11.2. The zero-order valence-electron chi connectivity index (χ0n) is 9.67. The van der Waals surface area contributed by atoms with E-state index < -0.39 is 11.9 Å². The third kappa shape index (κ3) is 2.87. The van der Waals surface area contributed by atoms with Crippen LogP contribution in [-0.4, -0.2) is 4.98 Å². The molecule has 0 aliphatic rings. The molecular weight excluding hydrogens is 312 g/mol. The van der Waals surface area contributed by atoms with Crippen molar-refractivity contribution in [3.8, 4) is 17.3 Å². The monoisotopic (exact) mass is 316 g/mol. The summed E-state index contributed by atoms with van der Waals surface area (Å²) in [7, 11) is 0. The first-order chi connectivity index (χ1) is 9.32. The lowest BCUT2D eigenvalue weighted by atomic mass is 10.1. The Morgan fingerprint density at radius 1 is 1.10 bits per heavy atom. The minimum absolute atomic E-state index is 0.00206. The highest BCUT2D eigenvalue weighted by Crippen LogP contribution is 2.34. The maximum absolute atomic E-state index is 12.7. The molecule has 0 atom stereocenters. The number of aromatic nitrogens is 1. The van der Waals surface area contributed by atoms with E-state index in [0.717, 1.165) is 12.1 Å². The van der Waals surface area contributed by atoms with E-state index >= 15 is 0 Å². The van der Waals surface area contributed by atoms with Gasteiger partial charge in [-0.2, -0.15) is 18.4 Å². The average molecular weight is 317 g/mol. The summed E-state index contributed by atoms with van der Waals surface area (Å²) in [6.07, 6.45) is -4.60. The molecule has 0 bridgehead atoms. The SMILES string of the molecule is N#Cc1ccc(C(F)(F)F)nc1-c1ccc(Cl)cc1Cl. The van der Waals surface area contributed by atoms with Gasteiger partial charge >= 0.3 is 6.18 Å². The van der Waals surface area contributed by atoms with Crippen molar-refractivity contribution < 1.29 is 13.2 Å². The van der Waals surface area contributed by atoms with Gasteiger partial charge in [0.05, 0.1) is 16.3 Å². The molecule has 0 spiro atoms. The lowest BCUT2D eigenvalue weighted by molar-refractivity contribution is -0.141. The van der Waals surface area contributed by atoms with Crippen molar-refractivity contribution in [3.63, 3.8) is 0 Å². The van der Waals surface area contributed by atoms with Crippen LogP contribution in [0.2, 0.25) is 10.0 Å². The molecule has 0 aliphatic heterocycles. The fourth-order valence-corrected chi connectivity index (χ4v) is 2.09. The fourth-order valence-electron chi connectivity index (χ4n) is 1.59. The Labute approximate surface area is 122 Å². The Bertz CT molecular complexity index is 706. The molecule has 0 N–H and O–H groups in total. The number of rotatable bonds is 1. The minimum Gasteiger partial charge on any atom is -0.242 e. The molecule has 0 fully saturated rings. The normalized spacial score (nSPS) is 11.2. The molecule has 1 heterocycles. The Hall–Kier alpha value is -1.77. The maximum Gasteiger partial charge on any atom is 0.433 e. The molecule has 0 saturated heterocycles. The molecule has 2 aromatic rings. The topological polar surface area (TPSA) is 36.7 Å². The summed E-state index contributed by atoms with van der Waals surface area (Å²) in [6, 6.07) is 7.88. The van der Waals surface area contributed by atoms with Gasteiger partial charge in [-0.15, -0.1) is 0 Å². The van der Waals surface area contributed by atoms with Crippen molar-refractivity contribution in [2.45, 2.75) is 6.18 Å². The van der Waals surface area contributed by atoms with E-state index in [1.807, 2.05) is 0 Å². The summed E-state index contributed by atoms with van der Waals surface area (Å²) in [4.78, 5) is 3.50. The second-order valence-corrected chi connectivity index (χ2v) is 4.67. The molecule has 7 heteroatoms. The third-order valence-corrected chi connectivity index (χ3v) is 3.04. The van der Waals surface area contributed by atoms with Crippen LogP contribution in [0, 0.1) is 11.3 Å². The van der Waals surface area contributed by atoms with Crippen molar-refractivity contribution in [1.29, 1.82) is 5.26 Å². The molecule has 0 radical (unpaired) electrons. The van der Waals surface area contributed by atoms with Crippen molar-refractivity contribution in [1.82, 2.24) is 4.98 Å². The van der Waals surface area contributed by atoms with Crippen LogP contribution in [0.4, 0.5) is 13.2 Å². The third-order valence-electron chi connectivity index (χ3n) is 2.49. The first-order valence-electron chi connectivity index (χ1n) is 5.26. The number of alkyl halides is 3. The van der Waals surface area contributed by atoms with Gasteiger partial charge in [0.1, 0.15) is 11.8 Å². The van der Waals surface area contributed by atoms with Gasteiger partial charge in [-0.05, 0) is 30.3 Å². The van der Waals surface area contributed by atoms with E-state index in [4.69, 9.17) is 28.5 Å². The Balaban J connectivity index is 2.68. The van der Waals surface area contributed by atoms with Crippen LogP contribution in [0.25, 0.3) is 11.3 Å². The minimum atomic E-state index is -4.60. The predicted octanol–water partition coefficient (Wildman–Crippen LogP) is 4.95. The van der Waals surface area contributed by atoms with Crippen molar-refractivity contribution in [2.24, 2.45) is 0 Å². The van der Waals surface area contributed by atoms with Crippen molar-refractivity contribution >= 4 is 23.2 Å². The van der Waals surface area contributed by atoms with E-state index in [1.54, 1.807) is 6.07 Å². The zero-order chi connectivity index (χ0) is 14.9. The van der Waals surface area contributed by atoms with E-state index in [-0.39, 0.29) is 21.8 Å². The lowest BCUT2D eigenvalue weighted by Crippen LogP contribution is -2.09. The van der Waals surface area contributed by atoms with Crippen LogP contribution in [0.5, 0.6) is 0 Å². The number of benzene rings is 1. The van der Waals surface area contributed by atoms with Gasteiger partial charge in [0, 0.05) is 10.6 Å². The fraction of sp³-hybridized carbons (Fsp3) is 0.0769. The van der Waals surface area contributed by atoms with Gasteiger partial charge in [0.2, 0.25) is 0 Å². The van der Waals surface area contributed by atoms with Crippen LogP contribution in [0.1, 0.15) is 11.3 Å². The molecular formula is C13H5Cl2F3N2. The largest absolute Gasteiger partial charge is 0.433 e. The maximum atomic E-state index is 12.7. The molecule has 20 heavy (non-hydrogen) atoms. The van der Waals surface area contributed by atoms with Crippen LogP contribution in [0.3, 0.4) is 0 Å². The highest BCUT2D eigenvalue weighted by Gasteiger charge is 2.33. The van der Waals surface area contributed by atoms with Gasteiger partial charge in [0.15, 0.2) is 0 Å². The Kier molecular flexibility index (Phi) is 3.89. The van der Waals surface area contributed by atoms with E-state index in [0.29, 0.717) is 5.02 Å². The number of nitriles is 1. The molecule has 0 aliphatic carbocycles. The van der Waals surface area contributed by atoms with Crippen LogP contribution < -0.4 is 0 Å². The average Bonchev–Trinajstić information content (AvgIpc) is 2.37. The number of nitrogens with zero attached hydrogens (tertiary/aromatic N) is 2. The number of hydrogen-bond donors (Lipinski definition) is 0. The summed E-state index contributed by atoms with van der Waals surface area (Å²) < 4.78 is 38.1. The lowest BCUT2D eigenvalue weighted by Gasteiger charge is -2.10. The molecule has 0 amide bonds. The molecule has 2 rings (SSSR count). The molecule has 1 aromatic carbocycles. The number of hydrogen-bond acceptors (Lipinski definition) is 2. The molecule has 0 unspecified atom stereocenters. The second kappa shape index (κ2) is 5.31. The second-order valence-electron chi connectivity index (χ2n) is 3.83. The van der Waals surface area contributed by atoms with E-state index in [1.165, 1.54) is 18.2 Å². The van der Waals surface area contributed by atoms with Gasteiger partial charge in [0.25, 0.3) is 0 Å². The van der Waals surface area contributed by atoms with Crippen molar-refractivity contribution in [2.75, 3.05) is 0 Å². The summed E-state index contributed by atoms with van der Waals surface area (Å²) >= 11 is 11.7. The predicted molar refractivity (Wildman–Crippen MR) is 69.4 cm³/mol. The van der Waals surface area contributed by atoms with Gasteiger partial charge in [-0.1, -0.05) is 23.2 Å². The smallest absolute Gasteiger partial charge is 0.242 e. The van der Waals surface area contributed by atoms with Crippen molar-refractivity contribution in [3.05, 3.63) is 51.6 Å². The van der Waals surface area contributed by atoms with Crippen LogP contribution >= 0.6 is 23.2 Å². The van der Waals surface area contributed by atoms with Gasteiger partial charge in [-0.25, -0.2) is 4.98 Å². The summed E-state index contributed by atoms with van der Waals surface area (Å²) in [6.45, 7) is 0. The molecule has 2 nitrogen and oxygen atoms in total. The van der Waals surface area contributed by atoms with E-state index in [9.17, 15) is 13.2 Å². The van der Waals surface area contributed by atoms with Gasteiger partial charge in [-0.3, -0.25) is 0 Å². The quantitative estimate of drug-likeness (QED) is 0.746. The first-order valence-corrected chi connectivity index (χ1v) is 6.02. The Morgan fingerprint density at radius 2 is 1.80 bits per heavy atom. The molecule has 0 saturated carbocycles. The first kappa shape index (κ1) is 14.6. The van der Waals surface area contributed by atoms with E-state index in [2.05, 4.69) is 4.98 Å². The standard InChI is InChI=1S/C13H5Cl2F3N2/c14-8-2-3-9(10(15)5-8)12-7(6-19)1-4-11(20-12)13(16,17)18/h1-5H. The Morgan fingerprint density at radius 3 is 2.35 bits per heavy atom. The van der Waals surface area contributed by atoms with Crippen LogP contribution in [-0.2, 0) is 6.18 Å². The van der Waals surface area contributed by atoms with Gasteiger partial charge < -0.3 is 0 Å². The number of pyridine rings is 1. The molecule has 102 valence electrons. The molecule has 1 aromatic heterocycles. The summed E-state index contributed by atoms with van der Waals surface area (Å²) in [5, 5.41) is 9.44. The highest BCUT2D eigenvalue weighted by atomic mass is 35.5. The summed E-state index contributed by atoms with van der Waals surface area (Å²) in [5.74, 6) is 0. The number of halogens is 5. The summed E-state index contributed by atoms with van der Waals surface area (Å²) in [5.41, 5.74) is -0.984. The van der Waals surface area contributed by atoms with Crippen LogP contribution in [0.15, 0.2) is 30.3 Å². The highest BCUT2D eigenvalue weighted by molar-refractivity contribution is 6.36.